The van der Waals surface area contributed by atoms with Gasteiger partial charge in [-0.3, -0.25) is 0 Å². The Morgan fingerprint density at radius 3 is 2.50 bits per heavy atom. The molecular weight excluding hydrogens is 178 g/mol. The van der Waals surface area contributed by atoms with Crippen LogP contribution < -0.4 is 5.73 Å². The zero-order valence-electron chi connectivity index (χ0n) is 9.75. The zero-order chi connectivity index (χ0) is 11.0. The third-order valence-corrected chi connectivity index (χ3v) is 2.42. The van der Waals surface area contributed by atoms with Gasteiger partial charge in [-0.2, -0.15) is 0 Å². The quantitative estimate of drug-likeness (QED) is 0.588. The lowest BCUT2D eigenvalue weighted by Gasteiger charge is -2.24. The molecule has 0 saturated heterocycles. The molecular formula is C11H25NO2. The van der Waals surface area contributed by atoms with Gasteiger partial charge in [0.25, 0.3) is 0 Å². The molecule has 0 fully saturated rings. The van der Waals surface area contributed by atoms with Crippen LogP contribution in [0.1, 0.15) is 40.0 Å². The van der Waals surface area contributed by atoms with Gasteiger partial charge in [-0.15, -0.1) is 0 Å². The average Bonchev–Trinajstić information content (AvgIpc) is 2.16. The van der Waals surface area contributed by atoms with Crippen molar-refractivity contribution < 1.29 is 9.84 Å². The average molecular weight is 203 g/mol. The maximum absolute atomic E-state index is 9.86. The molecule has 0 aromatic rings. The first-order valence-corrected chi connectivity index (χ1v) is 5.54. The highest BCUT2D eigenvalue weighted by Crippen LogP contribution is 2.15. The lowest BCUT2D eigenvalue weighted by atomic mass is 9.95. The third kappa shape index (κ3) is 6.35. The second-order valence-corrected chi connectivity index (χ2v) is 4.35. The maximum Gasteiger partial charge on any atom is 0.0767 e. The van der Waals surface area contributed by atoms with Crippen molar-refractivity contribution in [2.24, 2.45) is 11.7 Å². The number of hydrogen-bond donors (Lipinski definition) is 2. The topological polar surface area (TPSA) is 55.5 Å². The normalized spacial score (nSPS) is 15.9. The summed E-state index contributed by atoms with van der Waals surface area (Å²) in [6.45, 7) is 8.08. The van der Waals surface area contributed by atoms with Gasteiger partial charge in [0.1, 0.15) is 0 Å². The van der Waals surface area contributed by atoms with E-state index in [0.717, 1.165) is 26.1 Å². The third-order valence-electron chi connectivity index (χ3n) is 2.42. The summed E-state index contributed by atoms with van der Waals surface area (Å²) in [5.74, 6) is 0.578. The number of hydrogen-bond acceptors (Lipinski definition) is 3. The first-order valence-electron chi connectivity index (χ1n) is 5.54. The summed E-state index contributed by atoms with van der Waals surface area (Å²) in [6, 6.07) is 0. The second-order valence-electron chi connectivity index (χ2n) is 4.35. The van der Waals surface area contributed by atoms with Crippen LogP contribution in [0.5, 0.6) is 0 Å². The summed E-state index contributed by atoms with van der Waals surface area (Å²) in [6.07, 6.45) is 2.33. The Kier molecular flexibility index (Phi) is 7.15. The molecule has 1 unspecified atom stereocenters. The Morgan fingerprint density at radius 2 is 2.07 bits per heavy atom. The van der Waals surface area contributed by atoms with E-state index in [4.69, 9.17) is 10.5 Å². The number of nitrogens with two attached hydrogens (primary N) is 1. The van der Waals surface area contributed by atoms with E-state index in [1.807, 2.05) is 6.92 Å². The Balaban J connectivity index is 3.43. The number of ether oxygens (including phenoxy) is 1. The molecule has 0 aromatic carbocycles. The van der Waals surface area contributed by atoms with Gasteiger partial charge in [0.2, 0.25) is 0 Å². The SMILES string of the molecule is CCC(O)(CN)CCCOCC(C)C. The fraction of sp³-hybridized carbons (Fsp3) is 1.00. The largest absolute Gasteiger partial charge is 0.389 e. The van der Waals surface area contributed by atoms with Gasteiger partial charge in [0.15, 0.2) is 0 Å². The molecule has 0 aliphatic carbocycles. The summed E-state index contributed by atoms with van der Waals surface area (Å²) < 4.78 is 5.43. The summed E-state index contributed by atoms with van der Waals surface area (Å²) >= 11 is 0. The van der Waals surface area contributed by atoms with E-state index < -0.39 is 5.60 Å². The van der Waals surface area contributed by atoms with Crippen molar-refractivity contribution in [2.75, 3.05) is 19.8 Å². The first-order chi connectivity index (χ1) is 6.54. The fourth-order valence-electron chi connectivity index (χ4n) is 1.25. The predicted molar refractivity (Wildman–Crippen MR) is 59.2 cm³/mol. The summed E-state index contributed by atoms with van der Waals surface area (Å²) in [5, 5.41) is 9.86. The van der Waals surface area contributed by atoms with E-state index in [-0.39, 0.29) is 0 Å². The van der Waals surface area contributed by atoms with E-state index in [9.17, 15) is 5.11 Å². The monoisotopic (exact) mass is 203 g/mol. The lowest BCUT2D eigenvalue weighted by molar-refractivity contribution is 0.0214. The van der Waals surface area contributed by atoms with Crippen molar-refractivity contribution in [3.05, 3.63) is 0 Å². The van der Waals surface area contributed by atoms with Gasteiger partial charge < -0.3 is 15.6 Å². The van der Waals surface area contributed by atoms with Gasteiger partial charge in [-0.1, -0.05) is 20.8 Å². The molecule has 0 bridgehead atoms. The molecule has 0 aliphatic rings. The van der Waals surface area contributed by atoms with Gasteiger partial charge in [-0.05, 0) is 25.2 Å². The number of rotatable bonds is 8. The van der Waals surface area contributed by atoms with Crippen LogP contribution in [0.25, 0.3) is 0 Å². The van der Waals surface area contributed by atoms with Crippen LogP contribution in [0.2, 0.25) is 0 Å². The van der Waals surface area contributed by atoms with E-state index >= 15 is 0 Å². The van der Waals surface area contributed by atoms with Gasteiger partial charge in [0, 0.05) is 19.8 Å². The molecule has 3 N–H and O–H groups in total. The minimum absolute atomic E-state index is 0.341. The molecule has 86 valence electrons. The smallest absolute Gasteiger partial charge is 0.0767 e. The Bertz CT molecular complexity index is 133. The highest BCUT2D eigenvalue weighted by Gasteiger charge is 2.21. The standard InChI is InChI=1S/C11H25NO2/c1-4-11(13,9-12)6-5-7-14-8-10(2)3/h10,13H,4-9,12H2,1-3H3. The maximum atomic E-state index is 9.86. The van der Waals surface area contributed by atoms with Crippen molar-refractivity contribution in [3.8, 4) is 0 Å². The van der Waals surface area contributed by atoms with Crippen LogP contribution in [0.15, 0.2) is 0 Å². The first kappa shape index (κ1) is 13.9. The molecule has 1 atom stereocenters. The van der Waals surface area contributed by atoms with Crippen molar-refractivity contribution in [1.29, 1.82) is 0 Å². The van der Waals surface area contributed by atoms with Crippen LogP contribution >= 0.6 is 0 Å². The molecule has 0 radical (unpaired) electrons. The molecule has 0 amide bonds. The van der Waals surface area contributed by atoms with Crippen LogP contribution in [0, 0.1) is 5.92 Å². The molecule has 0 rings (SSSR count). The van der Waals surface area contributed by atoms with Crippen LogP contribution in [0.3, 0.4) is 0 Å². The van der Waals surface area contributed by atoms with Gasteiger partial charge in [-0.25, -0.2) is 0 Å². The van der Waals surface area contributed by atoms with E-state index in [0.29, 0.717) is 18.9 Å². The molecule has 3 heteroatoms. The number of aliphatic hydroxyl groups is 1. The predicted octanol–water partition coefficient (Wildman–Crippen LogP) is 1.54. The van der Waals surface area contributed by atoms with E-state index in [2.05, 4.69) is 13.8 Å². The van der Waals surface area contributed by atoms with E-state index in [1.165, 1.54) is 0 Å². The van der Waals surface area contributed by atoms with Crippen LogP contribution in [0.4, 0.5) is 0 Å². The van der Waals surface area contributed by atoms with Gasteiger partial charge >= 0.3 is 0 Å². The summed E-state index contributed by atoms with van der Waals surface area (Å²) in [4.78, 5) is 0. The Labute approximate surface area is 87.6 Å². The highest BCUT2D eigenvalue weighted by molar-refractivity contribution is 4.77. The van der Waals surface area contributed by atoms with Crippen molar-refractivity contribution in [3.63, 3.8) is 0 Å². The molecule has 0 spiro atoms. The minimum Gasteiger partial charge on any atom is -0.389 e. The van der Waals surface area contributed by atoms with Crippen LogP contribution in [-0.4, -0.2) is 30.5 Å². The Morgan fingerprint density at radius 1 is 1.43 bits per heavy atom. The fourth-order valence-corrected chi connectivity index (χ4v) is 1.25. The van der Waals surface area contributed by atoms with Crippen LogP contribution in [-0.2, 0) is 4.74 Å². The molecule has 0 heterocycles. The van der Waals surface area contributed by atoms with Crippen molar-refractivity contribution in [2.45, 2.75) is 45.6 Å². The molecule has 3 nitrogen and oxygen atoms in total. The summed E-state index contributed by atoms with van der Waals surface area (Å²) in [5.41, 5.74) is 4.81. The molecule has 14 heavy (non-hydrogen) atoms. The lowest BCUT2D eigenvalue weighted by Crippen LogP contribution is -2.37. The molecule has 0 aliphatic heterocycles. The molecule has 0 aromatic heterocycles. The van der Waals surface area contributed by atoms with E-state index in [1.54, 1.807) is 0 Å². The molecule has 0 saturated carbocycles. The minimum atomic E-state index is -0.679. The van der Waals surface area contributed by atoms with Crippen molar-refractivity contribution >= 4 is 0 Å². The summed E-state index contributed by atoms with van der Waals surface area (Å²) in [7, 11) is 0. The van der Waals surface area contributed by atoms with Crippen molar-refractivity contribution in [1.82, 2.24) is 0 Å². The Hall–Kier alpha value is -0.120. The second kappa shape index (κ2) is 7.21. The zero-order valence-corrected chi connectivity index (χ0v) is 9.75. The highest BCUT2D eigenvalue weighted by atomic mass is 16.5. The van der Waals surface area contributed by atoms with Gasteiger partial charge in [0.05, 0.1) is 5.60 Å².